The average Bonchev–Trinajstić information content (AvgIpc) is 2.93. The molecule has 1 heterocycles. The quantitative estimate of drug-likeness (QED) is 0.744. The van der Waals surface area contributed by atoms with Gasteiger partial charge in [0.1, 0.15) is 4.21 Å². The molecule has 23 heavy (non-hydrogen) atoms. The van der Waals surface area contributed by atoms with Gasteiger partial charge >= 0.3 is 5.97 Å². The first kappa shape index (κ1) is 17.9. The van der Waals surface area contributed by atoms with Crippen LogP contribution >= 0.6 is 22.9 Å². The summed E-state index contributed by atoms with van der Waals surface area (Å²) in [5, 5.41) is 8.85. The molecule has 2 N–H and O–H groups in total. The zero-order valence-electron chi connectivity index (χ0n) is 12.1. The monoisotopic (exact) mass is 373 g/mol. The molecule has 1 aromatic carbocycles. The molecule has 0 fully saturated rings. The number of thiophene rings is 1. The zero-order chi connectivity index (χ0) is 16.9. The van der Waals surface area contributed by atoms with Crippen molar-refractivity contribution in [2.24, 2.45) is 0 Å². The van der Waals surface area contributed by atoms with Crippen LogP contribution < -0.4 is 4.72 Å². The second kappa shape index (κ2) is 7.92. The number of carboxylic acid groups (broad SMARTS) is 1. The van der Waals surface area contributed by atoms with Gasteiger partial charge in [-0.3, -0.25) is 4.79 Å². The van der Waals surface area contributed by atoms with Gasteiger partial charge in [0.2, 0.25) is 10.0 Å². The number of sulfonamides is 1. The molecule has 1 atom stereocenters. The topological polar surface area (TPSA) is 83.5 Å². The summed E-state index contributed by atoms with van der Waals surface area (Å²) in [6.45, 7) is 0. The lowest BCUT2D eigenvalue weighted by molar-refractivity contribution is -0.137. The van der Waals surface area contributed by atoms with E-state index in [2.05, 4.69) is 4.72 Å². The molecular formula is C15H16ClNO4S2. The zero-order valence-corrected chi connectivity index (χ0v) is 14.5. The number of benzene rings is 1. The van der Waals surface area contributed by atoms with Crippen molar-refractivity contribution in [3.05, 3.63) is 52.4 Å². The van der Waals surface area contributed by atoms with E-state index >= 15 is 0 Å². The predicted octanol–water partition coefficient (Wildman–Crippen LogP) is 3.16. The molecule has 1 aromatic heterocycles. The molecule has 0 bridgehead atoms. The van der Waals surface area contributed by atoms with Gasteiger partial charge in [0.15, 0.2) is 0 Å². The van der Waals surface area contributed by atoms with Crippen LogP contribution in [0.15, 0.2) is 46.7 Å². The molecule has 1 unspecified atom stereocenters. The Morgan fingerprint density at radius 2 is 1.91 bits per heavy atom. The first-order chi connectivity index (χ1) is 10.9. The standard InChI is InChI=1S/C15H16ClNO4S2/c16-13-7-9-15(22-13)23(20,21)17-12(6-8-14(18)19)10-11-4-2-1-3-5-11/h1-5,7,9,12,17H,6,8,10H2,(H,18,19). The third-order valence-corrected chi connectivity index (χ3v) is 6.41. The number of nitrogens with one attached hydrogen (secondary N) is 1. The van der Waals surface area contributed by atoms with Crippen molar-refractivity contribution in [1.82, 2.24) is 4.72 Å². The summed E-state index contributed by atoms with van der Waals surface area (Å²) in [4.78, 5) is 10.8. The molecular weight excluding hydrogens is 358 g/mol. The maximum atomic E-state index is 12.4. The van der Waals surface area contributed by atoms with Crippen LogP contribution in [-0.2, 0) is 21.2 Å². The average molecular weight is 374 g/mol. The lowest BCUT2D eigenvalue weighted by Gasteiger charge is -2.17. The minimum Gasteiger partial charge on any atom is -0.481 e. The van der Waals surface area contributed by atoms with E-state index in [0.717, 1.165) is 16.9 Å². The third kappa shape index (κ3) is 5.62. The van der Waals surface area contributed by atoms with E-state index in [0.29, 0.717) is 10.8 Å². The van der Waals surface area contributed by atoms with E-state index in [-0.39, 0.29) is 17.1 Å². The molecule has 2 aromatic rings. The Balaban J connectivity index is 2.14. The second-order valence-corrected chi connectivity index (χ2v) is 8.65. The summed E-state index contributed by atoms with van der Waals surface area (Å²) < 4.78 is 27.9. The van der Waals surface area contributed by atoms with Gasteiger partial charge < -0.3 is 5.11 Å². The van der Waals surface area contributed by atoms with E-state index in [1.54, 1.807) is 0 Å². The van der Waals surface area contributed by atoms with Gasteiger partial charge in [-0.05, 0) is 30.5 Å². The Kier molecular flexibility index (Phi) is 6.17. The summed E-state index contributed by atoms with van der Waals surface area (Å²) in [6, 6.07) is 11.8. The molecule has 0 aliphatic heterocycles. The molecule has 0 spiro atoms. The van der Waals surface area contributed by atoms with Crippen molar-refractivity contribution in [3.63, 3.8) is 0 Å². The Bertz CT molecular complexity index is 759. The fourth-order valence-corrected chi connectivity index (χ4v) is 4.89. The molecule has 0 saturated heterocycles. The maximum Gasteiger partial charge on any atom is 0.303 e. The van der Waals surface area contributed by atoms with E-state index in [4.69, 9.17) is 16.7 Å². The van der Waals surface area contributed by atoms with Crippen molar-refractivity contribution < 1.29 is 18.3 Å². The number of hydrogen-bond donors (Lipinski definition) is 2. The van der Waals surface area contributed by atoms with Crippen molar-refractivity contribution in [1.29, 1.82) is 0 Å². The molecule has 124 valence electrons. The van der Waals surface area contributed by atoms with Gasteiger partial charge in [0.25, 0.3) is 0 Å². The highest BCUT2D eigenvalue weighted by Gasteiger charge is 2.22. The van der Waals surface area contributed by atoms with Crippen LogP contribution in [-0.4, -0.2) is 25.5 Å². The highest BCUT2D eigenvalue weighted by molar-refractivity contribution is 7.91. The summed E-state index contributed by atoms with van der Waals surface area (Å²) in [5.74, 6) is -0.957. The second-order valence-electron chi connectivity index (χ2n) is 5.00. The number of hydrogen-bond acceptors (Lipinski definition) is 4. The van der Waals surface area contributed by atoms with E-state index in [1.807, 2.05) is 30.3 Å². The largest absolute Gasteiger partial charge is 0.481 e. The molecule has 5 nitrogen and oxygen atoms in total. The van der Waals surface area contributed by atoms with E-state index < -0.39 is 22.0 Å². The summed E-state index contributed by atoms with van der Waals surface area (Å²) in [7, 11) is -3.72. The smallest absolute Gasteiger partial charge is 0.303 e. The van der Waals surface area contributed by atoms with Crippen molar-refractivity contribution >= 4 is 38.9 Å². The number of carboxylic acids is 1. The molecule has 8 heteroatoms. The van der Waals surface area contributed by atoms with Crippen molar-refractivity contribution in [3.8, 4) is 0 Å². The van der Waals surface area contributed by atoms with Crippen LogP contribution in [0.5, 0.6) is 0 Å². The van der Waals surface area contributed by atoms with Gasteiger partial charge in [-0.1, -0.05) is 41.9 Å². The molecule has 0 radical (unpaired) electrons. The van der Waals surface area contributed by atoms with Crippen LogP contribution in [0.2, 0.25) is 4.34 Å². The van der Waals surface area contributed by atoms with Crippen molar-refractivity contribution in [2.75, 3.05) is 0 Å². The highest BCUT2D eigenvalue weighted by atomic mass is 35.5. The van der Waals surface area contributed by atoms with Gasteiger partial charge in [-0.15, -0.1) is 11.3 Å². The van der Waals surface area contributed by atoms with Gasteiger partial charge in [0.05, 0.1) is 4.34 Å². The lowest BCUT2D eigenvalue weighted by atomic mass is 10.0. The van der Waals surface area contributed by atoms with Crippen LogP contribution in [0.1, 0.15) is 18.4 Å². The van der Waals surface area contributed by atoms with Gasteiger partial charge in [-0.25, -0.2) is 13.1 Å². The Hall–Kier alpha value is -1.41. The number of carbonyl (C=O) groups is 1. The van der Waals surface area contributed by atoms with Crippen molar-refractivity contribution in [2.45, 2.75) is 29.5 Å². The molecule has 0 aliphatic carbocycles. The normalized spacial score (nSPS) is 12.9. The van der Waals surface area contributed by atoms with Gasteiger partial charge in [-0.2, -0.15) is 0 Å². The Morgan fingerprint density at radius 1 is 1.22 bits per heavy atom. The summed E-state index contributed by atoms with van der Waals surface area (Å²) in [6.07, 6.45) is 0.528. The molecule has 2 rings (SSSR count). The first-order valence-corrected chi connectivity index (χ1v) is 9.58. The lowest BCUT2D eigenvalue weighted by Crippen LogP contribution is -2.36. The first-order valence-electron chi connectivity index (χ1n) is 6.90. The molecule has 0 saturated carbocycles. The minimum atomic E-state index is -3.72. The van der Waals surface area contributed by atoms with Crippen LogP contribution in [0.25, 0.3) is 0 Å². The minimum absolute atomic E-state index is 0.106. The predicted molar refractivity (Wildman–Crippen MR) is 90.5 cm³/mol. The maximum absolute atomic E-state index is 12.4. The fourth-order valence-electron chi connectivity index (χ4n) is 2.12. The van der Waals surface area contributed by atoms with Crippen LogP contribution in [0.4, 0.5) is 0 Å². The van der Waals surface area contributed by atoms with E-state index in [1.165, 1.54) is 12.1 Å². The number of rotatable bonds is 8. The highest BCUT2D eigenvalue weighted by Crippen LogP contribution is 2.26. The fraction of sp³-hybridized carbons (Fsp3) is 0.267. The number of halogens is 1. The Morgan fingerprint density at radius 3 is 2.48 bits per heavy atom. The SMILES string of the molecule is O=C(O)CCC(Cc1ccccc1)NS(=O)(=O)c1ccc(Cl)s1. The summed E-state index contributed by atoms with van der Waals surface area (Å²) in [5.41, 5.74) is 0.940. The number of aliphatic carboxylic acids is 1. The molecule has 0 aliphatic rings. The van der Waals surface area contributed by atoms with Crippen LogP contribution in [0, 0.1) is 0 Å². The van der Waals surface area contributed by atoms with Gasteiger partial charge in [0, 0.05) is 12.5 Å². The van der Waals surface area contributed by atoms with E-state index in [9.17, 15) is 13.2 Å². The summed E-state index contributed by atoms with van der Waals surface area (Å²) >= 11 is 6.75. The molecule has 0 amide bonds. The van der Waals surface area contributed by atoms with Crippen LogP contribution in [0.3, 0.4) is 0 Å². The Labute approximate surface area is 144 Å². The third-order valence-electron chi connectivity index (χ3n) is 3.17.